The average molecular weight is 951 g/mol. The molecule has 0 aliphatic heterocycles. The van der Waals surface area contributed by atoms with Crippen molar-refractivity contribution in [2.45, 2.75) is 55.4 Å². The van der Waals surface area contributed by atoms with Gasteiger partial charge in [0.05, 0.1) is 46.0 Å². The maximum atomic E-state index is 10.4. The zero-order valence-corrected chi connectivity index (χ0v) is 43.1. The summed E-state index contributed by atoms with van der Waals surface area (Å²) >= 11 is 0. The van der Waals surface area contributed by atoms with Crippen LogP contribution in [0.15, 0.2) is 182 Å². The van der Waals surface area contributed by atoms with Crippen LogP contribution >= 0.6 is 0 Å². The van der Waals surface area contributed by atoms with Gasteiger partial charge in [-0.25, -0.2) is 4.85 Å². The molecule has 354 valence electrons. The van der Waals surface area contributed by atoms with Crippen molar-refractivity contribution in [2.75, 3.05) is 0 Å². The summed E-state index contributed by atoms with van der Waals surface area (Å²) in [6, 6.07) is 68.5. The fourth-order valence-electron chi connectivity index (χ4n) is 11.8. The lowest BCUT2D eigenvalue weighted by molar-refractivity contribution is 1.15. The van der Waals surface area contributed by atoms with E-state index in [4.69, 9.17) is 0 Å². The van der Waals surface area contributed by atoms with E-state index in [1.807, 2.05) is 18.2 Å². The van der Waals surface area contributed by atoms with Gasteiger partial charge < -0.3 is 9.13 Å². The van der Waals surface area contributed by atoms with Crippen molar-refractivity contribution >= 4 is 49.3 Å². The number of nitrogens with zero attached hydrogens (tertiary/aromatic N) is 4. The van der Waals surface area contributed by atoms with Crippen molar-refractivity contribution in [3.05, 3.63) is 243 Å². The number of hydrogen-bond donors (Lipinski definition) is 0. The number of aryl methyl sites for hydroxylation is 8. The first-order valence-electron chi connectivity index (χ1n) is 25.4. The lowest BCUT2D eigenvalue weighted by Gasteiger charge is -2.20. The molecule has 0 bridgehead atoms. The van der Waals surface area contributed by atoms with Crippen LogP contribution in [0.5, 0.6) is 0 Å². The normalized spacial score (nSPS) is 11.5. The van der Waals surface area contributed by atoms with E-state index in [1.165, 1.54) is 66.8 Å². The first-order valence-corrected chi connectivity index (χ1v) is 25.4. The van der Waals surface area contributed by atoms with Crippen molar-refractivity contribution in [2.24, 2.45) is 0 Å². The molecule has 0 fully saturated rings. The Kier molecular flexibility index (Phi) is 11.0. The van der Waals surface area contributed by atoms with Crippen molar-refractivity contribution in [1.82, 2.24) is 9.13 Å². The van der Waals surface area contributed by atoms with E-state index >= 15 is 0 Å². The molecule has 0 aliphatic rings. The standard InChI is InChI=1S/C70H54N4/c1-41-13-21-55(45(5)29-41)51-17-25-59-60-26-18-52(56-22-14-42(2)30-46(56)6)35-66(60)73(65(59)34-51)69-39-64(72-9)70(38-63(69)50-12-10-11-49(33-50)40-71)74-67-36-53(57-23-15-43(3)31-47(57)7)19-27-61(67)62-28-20-54(37-68(62)74)58-24-16-44(4)32-48(58)8/h10-39H,1-8H3. The number of fused-ring (bicyclic) bond motifs is 6. The highest BCUT2D eigenvalue weighted by molar-refractivity contribution is 6.14. The van der Waals surface area contributed by atoms with Gasteiger partial charge in [0.2, 0.25) is 5.69 Å². The number of benzene rings is 10. The summed E-state index contributed by atoms with van der Waals surface area (Å²) in [5.41, 5.74) is 27.5. The quantitative estimate of drug-likeness (QED) is 0.147. The first kappa shape index (κ1) is 45.9. The van der Waals surface area contributed by atoms with E-state index in [0.29, 0.717) is 11.3 Å². The van der Waals surface area contributed by atoms with E-state index < -0.39 is 0 Å². The Morgan fingerprint density at radius 1 is 0.351 bits per heavy atom. The van der Waals surface area contributed by atoms with Crippen LogP contribution in [0.25, 0.3) is 115 Å². The molecule has 10 aromatic carbocycles. The fraction of sp³-hybridized carbons (Fsp3) is 0.114. The second-order valence-electron chi connectivity index (χ2n) is 20.5. The summed E-state index contributed by atoms with van der Waals surface area (Å²) in [7, 11) is 0. The van der Waals surface area contributed by atoms with Gasteiger partial charge in [-0.15, -0.1) is 0 Å². The van der Waals surface area contributed by atoms with Crippen LogP contribution in [-0.2, 0) is 0 Å². The van der Waals surface area contributed by atoms with E-state index in [1.54, 1.807) is 0 Å². The zero-order chi connectivity index (χ0) is 51.1. The summed E-state index contributed by atoms with van der Waals surface area (Å²) in [5, 5.41) is 14.9. The molecule has 0 saturated carbocycles. The predicted octanol–water partition coefficient (Wildman–Crippen LogP) is 19.1. The van der Waals surface area contributed by atoms with Gasteiger partial charge in [0.25, 0.3) is 0 Å². The zero-order valence-electron chi connectivity index (χ0n) is 43.1. The largest absolute Gasteiger partial charge is 0.319 e. The number of nitriles is 1. The van der Waals surface area contributed by atoms with Crippen molar-refractivity contribution in [1.29, 1.82) is 5.26 Å². The number of aromatic nitrogens is 2. The van der Waals surface area contributed by atoms with E-state index in [9.17, 15) is 11.8 Å². The highest BCUT2D eigenvalue weighted by Crippen LogP contribution is 2.46. The van der Waals surface area contributed by atoms with Crippen molar-refractivity contribution in [3.8, 4) is 73.1 Å². The summed E-state index contributed by atoms with van der Waals surface area (Å²) in [6.45, 7) is 26.5. The first-order chi connectivity index (χ1) is 35.8. The highest BCUT2D eigenvalue weighted by atomic mass is 15.0. The van der Waals surface area contributed by atoms with E-state index in [-0.39, 0.29) is 0 Å². The topological polar surface area (TPSA) is 38.0 Å². The van der Waals surface area contributed by atoms with Crippen LogP contribution in [0.3, 0.4) is 0 Å². The van der Waals surface area contributed by atoms with Crippen LogP contribution in [0.4, 0.5) is 5.69 Å². The van der Waals surface area contributed by atoms with Crippen LogP contribution in [-0.4, -0.2) is 9.13 Å². The van der Waals surface area contributed by atoms with Gasteiger partial charge in [-0.1, -0.05) is 156 Å². The molecule has 74 heavy (non-hydrogen) atoms. The molecule has 2 aromatic heterocycles. The second kappa shape index (κ2) is 17.8. The third-order valence-corrected chi connectivity index (χ3v) is 15.3. The third kappa shape index (κ3) is 7.67. The molecule has 0 N–H and O–H groups in total. The molecule has 0 radical (unpaired) electrons. The van der Waals surface area contributed by atoms with Gasteiger partial charge in [-0.2, -0.15) is 5.26 Å². The van der Waals surface area contributed by atoms with E-state index in [0.717, 1.165) is 88.4 Å². The Hall–Kier alpha value is -9.22. The summed E-state index contributed by atoms with van der Waals surface area (Å²) in [5.74, 6) is 0. The molecule has 12 rings (SSSR count). The van der Waals surface area contributed by atoms with Gasteiger partial charge in [0.1, 0.15) is 0 Å². The maximum absolute atomic E-state index is 10.4. The molecule has 0 aliphatic carbocycles. The summed E-state index contributed by atoms with van der Waals surface area (Å²) < 4.78 is 4.70. The molecular formula is C70H54N4. The molecule has 4 heteroatoms. The SMILES string of the molecule is [C-]#[N+]c1cc(-n2c3cc(-c4ccc(C)cc4C)ccc3c3ccc(-c4ccc(C)cc4C)cc32)c(-c2cccc(C#N)c2)cc1-n1c2cc(-c3ccc(C)cc3C)ccc2c2ccc(-c3ccc(C)cc3C)cc21. The van der Waals surface area contributed by atoms with Gasteiger partial charge in [-0.3, -0.25) is 0 Å². The molecule has 4 nitrogen and oxygen atoms in total. The summed E-state index contributed by atoms with van der Waals surface area (Å²) in [6.07, 6.45) is 0. The van der Waals surface area contributed by atoms with E-state index in [2.05, 4.69) is 239 Å². The molecule has 0 atom stereocenters. The second-order valence-corrected chi connectivity index (χ2v) is 20.5. The molecule has 0 unspecified atom stereocenters. The molecule has 2 heterocycles. The monoisotopic (exact) mass is 950 g/mol. The Morgan fingerprint density at radius 3 is 1.04 bits per heavy atom. The predicted molar refractivity (Wildman–Crippen MR) is 311 cm³/mol. The highest BCUT2D eigenvalue weighted by Gasteiger charge is 2.24. The maximum Gasteiger partial charge on any atom is 0.212 e. The summed E-state index contributed by atoms with van der Waals surface area (Å²) in [4.78, 5) is 4.48. The number of rotatable bonds is 7. The minimum absolute atomic E-state index is 0.513. The van der Waals surface area contributed by atoms with Crippen LogP contribution < -0.4 is 0 Å². The molecule has 0 amide bonds. The van der Waals surface area contributed by atoms with Gasteiger partial charge in [0, 0.05) is 32.8 Å². The molecule has 0 saturated heterocycles. The third-order valence-electron chi connectivity index (χ3n) is 15.3. The smallest absolute Gasteiger partial charge is 0.212 e. The molecular weight excluding hydrogens is 897 g/mol. The van der Waals surface area contributed by atoms with Gasteiger partial charge in [0.15, 0.2) is 0 Å². The Morgan fingerprint density at radius 2 is 0.703 bits per heavy atom. The molecule has 0 spiro atoms. The van der Waals surface area contributed by atoms with Crippen molar-refractivity contribution in [3.63, 3.8) is 0 Å². The lowest BCUT2D eigenvalue weighted by Crippen LogP contribution is -2.02. The Bertz CT molecular complexity index is 4210. The van der Waals surface area contributed by atoms with Gasteiger partial charge >= 0.3 is 0 Å². The lowest BCUT2D eigenvalue weighted by atomic mass is 9.96. The van der Waals surface area contributed by atoms with Crippen LogP contribution in [0, 0.1) is 73.3 Å². The minimum Gasteiger partial charge on any atom is -0.319 e. The van der Waals surface area contributed by atoms with Crippen LogP contribution in [0.1, 0.15) is 50.1 Å². The van der Waals surface area contributed by atoms with Gasteiger partial charge in [-0.05, 0) is 176 Å². The Labute approximate surface area is 433 Å². The number of hydrogen-bond acceptors (Lipinski definition) is 1. The minimum atomic E-state index is 0.513. The van der Waals surface area contributed by atoms with Crippen LogP contribution in [0.2, 0.25) is 0 Å². The van der Waals surface area contributed by atoms with Crippen molar-refractivity contribution < 1.29 is 0 Å². The Balaban J connectivity index is 1.21. The fourth-order valence-corrected chi connectivity index (χ4v) is 11.8. The average Bonchev–Trinajstić information content (AvgIpc) is 3.89. The molecule has 12 aromatic rings.